The Morgan fingerprint density at radius 2 is 1.07 bits per heavy atom. The normalized spacial score (nSPS) is 15.0. The van der Waals surface area contributed by atoms with Gasteiger partial charge in [0.05, 0.1) is 39.9 Å². The van der Waals surface area contributed by atoms with Crippen molar-refractivity contribution < 1.29 is 32.9 Å². The first kappa shape index (κ1) is 52.2. The van der Waals surface area contributed by atoms with Crippen molar-refractivity contribution in [1.82, 2.24) is 5.32 Å². The minimum atomic E-state index is -4.35. The standard InChI is InChI=1S/C45H83N2O6P/c1-6-8-10-12-14-16-18-20-22-23-25-26-28-30-32-34-36-38-44(48)43(42-53-54(50,51)52-41-40-47(3,4)5)46-45(49)39-37-35-33-31-29-27-24-21-19-17-15-13-11-9-7-2/h15,17,19,21-23,28,30,36,38,43-44,48H,6-14,16,18,20,24-27,29,31-35,37,39-42H2,1-5H3,(H-,46,49,50,51)/p+1/b17-15-,21-19-,23-22+,30-28+,38-36+. The third-order valence-electron chi connectivity index (χ3n) is 9.22. The monoisotopic (exact) mass is 780 g/mol. The zero-order chi connectivity index (χ0) is 40.0. The van der Waals surface area contributed by atoms with Crippen molar-refractivity contribution in [3.8, 4) is 0 Å². The second-order valence-electron chi connectivity index (χ2n) is 15.7. The molecule has 0 saturated heterocycles. The van der Waals surface area contributed by atoms with Crippen LogP contribution in [0.15, 0.2) is 60.8 Å². The van der Waals surface area contributed by atoms with Gasteiger partial charge >= 0.3 is 7.82 Å². The molecule has 0 saturated carbocycles. The topological polar surface area (TPSA) is 105 Å². The Kier molecular flexibility index (Phi) is 35.6. The molecule has 0 aliphatic heterocycles. The molecular weight excluding hydrogens is 695 g/mol. The summed E-state index contributed by atoms with van der Waals surface area (Å²) in [7, 11) is 1.53. The molecule has 1 amide bonds. The molecule has 9 heteroatoms. The average molecular weight is 780 g/mol. The third-order valence-corrected chi connectivity index (χ3v) is 10.2. The minimum absolute atomic E-state index is 0.0487. The summed E-state index contributed by atoms with van der Waals surface area (Å²) in [6.07, 6.45) is 47.1. The van der Waals surface area contributed by atoms with E-state index in [1.54, 1.807) is 6.08 Å². The number of likely N-dealkylation sites (N-methyl/N-ethyl adjacent to an activating group) is 1. The Hall–Kier alpha value is -1.80. The highest BCUT2D eigenvalue weighted by Gasteiger charge is 2.27. The largest absolute Gasteiger partial charge is 0.472 e. The lowest BCUT2D eigenvalue weighted by Gasteiger charge is -2.25. The van der Waals surface area contributed by atoms with Crippen LogP contribution in [0.4, 0.5) is 0 Å². The number of rotatable bonds is 38. The van der Waals surface area contributed by atoms with Crippen LogP contribution in [-0.2, 0) is 18.4 Å². The Morgan fingerprint density at radius 1 is 0.630 bits per heavy atom. The summed E-state index contributed by atoms with van der Waals surface area (Å²) < 4.78 is 23.5. The lowest BCUT2D eigenvalue weighted by molar-refractivity contribution is -0.870. The van der Waals surface area contributed by atoms with Gasteiger partial charge in [0.15, 0.2) is 0 Å². The number of phosphoric acid groups is 1. The van der Waals surface area contributed by atoms with E-state index in [0.717, 1.165) is 64.2 Å². The highest BCUT2D eigenvalue weighted by Crippen LogP contribution is 2.43. The van der Waals surface area contributed by atoms with Crippen LogP contribution >= 0.6 is 7.82 Å². The molecule has 0 radical (unpaired) electrons. The first-order chi connectivity index (χ1) is 26.0. The van der Waals surface area contributed by atoms with Crippen molar-refractivity contribution in [2.24, 2.45) is 0 Å². The first-order valence-corrected chi connectivity index (χ1v) is 23.2. The van der Waals surface area contributed by atoms with Crippen molar-refractivity contribution in [2.75, 3.05) is 40.9 Å². The second kappa shape index (κ2) is 36.8. The number of carbonyl (C=O) groups excluding carboxylic acids is 1. The molecule has 3 atom stereocenters. The molecule has 0 aromatic rings. The summed E-state index contributed by atoms with van der Waals surface area (Å²) in [5.41, 5.74) is 0. The van der Waals surface area contributed by atoms with Crippen LogP contribution in [0.25, 0.3) is 0 Å². The SMILES string of the molecule is CCCCC/C=C\C=C/CCCCCCCCC(=O)NC(COP(=O)(O)OCC[N+](C)(C)C)C(O)/C=C/CC/C=C/CC/C=C/CCCCCCCCC. The van der Waals surface area contributed by atoms with Crippen molar-refractivity contribution >= 4 is 13.7 Å². The number of amides is 1. The Labute approximate surface area is 332 Å². The van der Waals surface area contributed by atoms with E-state index >= 15 is 0 Å². The summed E-state index contributed by atoms with van der Waals surface area (Å²) in [4.78, 5) is 23.1. The number of hydrogen-bond acceptors (Lipinski definition) is 5. The van der Waals surface area contributed by atoms with Crippen LogP contribution in [0.1, 0.15) is 168 Å². The third kappa shape index (κ3) is 38.5. The predicted octanol–water partition coefficient (Wildman–Crippen LogP) is 11.9. The summed E-state index contributed by atoms with van der Waals surface area (Å²) in [5.74, 6) is -0.206. The predicted molar refractivity (Wildman–Crippen MR) is 230 cm³/mol. The second-order valence-corrected chi connectivity index (χ2v) is 17.2. The summed E-state index contributed by atoms with van der Waals surface area (Å²) in [6, 6.07) is -0.876. The zero-order valence-electron chi connectivity index (χ0n) is 35.4. The molecule has 8 nitrogen and oxygen atoms in total. The van der Waals surface area contributed by atoms with E-state index in [0.29, 0.717) is 17.4 Å². The number of nitrogens with one attached hydrogen (secondary N) is 1. The fourth-order valence-corrected chi connectivity index (χ4v) is 6.44. The van der Waals surface area contributed by atoms with Crippen LogP contribution in [0.5, 0.6) is 0 Å². The van der Waals surface area contributed by atoms with E-state index in [2.05, 4.69) is 67.8 Å². The first-order valence-electron chi connectivity index (χ1n) is 21.7. The van der Waals surface area contributed by atoms with Crippen LogP contribution < -0.4 is 5.32 Å². The maximum Gasteiger partial charge on any atom is 0.472 e. The van der Waals surface area contributed by atoms with Gasteiger partial charge < -0.3 is 19.8 Å². The van der Waals surface area contributed by atoms with Gasteiger partial charge in [-0.15, -0.1) is 0 Å². The summed E-state index contributed by atoms with van der Waals surface area (Å²) >= 11 is 0. The number of aliphatic hydroxyl groups excluding tert-OH is 1. The lowest BCUT2D eigenvalue weighted by atomic mass is 10.1. The van der Waals surface area contributed by atoms with Gasteiger partial charge in [0.25, 0.3) is 0 Å². The molecule has 54 heavy (non-hydrogen) atoms. The molecule has 0 spiro atoms. The van der Waals surface area contributed by atoms with Gasteiger partial charge in [0.2, 0.25) is 5.91 Å². The summed E-state index contributed by atoms with van der Waals surface area (Å²) in [5, 5.41) is 13.8. The molecule has 314 valence electrons. The molecule has 0 aromatic heterocycles. The van der Waals surface area contributed by atoms with Gasteiger partial charge in [0.1, 0.15) is 13.2 Å². The minimum Gasteiger partial charge on any atom is -0.387 e. The molecule has 0 heterocycles. The Morgan fingerprint density at radius 3 is 1.63 bits per heavy atom. The van der Waals surface area contributed by atoms with Gasteiger partial charge in [-0.2, -0.15) is 0 Å². The van der Waals surface area contributed by atoms with Crippen molar-refractivity contribution in [1.29, 1.82) is 0 Å². The number of unbranched alkanes of at least 4 members (excludes halogenated alkanes) is 18. The number of hydrogen-bond donors (Lipinski definition) is 3. The highest BCUT2D eigenvalue weighted by atomic mass is 31.2. The van der Waals surface area contributed by atoms with E-state index in [9.17, 15) is 19.4 Å². The van der Waals surface area contributed by atoms with Gasteiger partial charge in [-0.1, -0.05) is 152 Å². The number of carbonyl (C=O) groups is 1. The van der Waals surface area contributed by atoms with Crippen LogP contribution in [-0.4, -0.2) is 73.4 Å². The van der Waals surface area contributed by atoms with Gasteiger partial charge in [0, 0.05) is 6.42 Å². The molecule has 3 N–H and O–H groups in total. The smallest absolute Gasteiger partial charge is 0.387 e. The van der Waals surface area contributed by atoms with Crippen LogP contribution in [0.3, 0.4) is 0 Å². The molecule has 0 bridgehead atoms. The van der Waals surface area contributed by atoms with Crippen molar-refractivity contribution in [2.45, 2.75) is 180 Å². The van der Waals surface area contributed by atoms with Crippen molar-refractivity contribution in [3.63, 3.8) is 0 Å². The maximum absolute atomic E-state index is 12.8. The fourth-order valence-electron chi connectivity index (χ4n) is 5.71. The van der Waals surface area contributed by atoms with Crippen LogP contribution in [0.2, 0.25) is 0 Å². The van der Waals surface area contributed by atoms with Crippen LogP contribution in [0, 0.1) is 0 Å². The van der Waals surface area contributed by atoms with Gasteiger partial charge in [-0.25, -0.2) is 4.57 Å². The number of quaternary nitrogens is 1. The number of nitrogens with zero attached hydrogens (tertiary/aromatic N) is 1. The lowest BCUT2D eigenvalue weighted by Crippen LogP contribution is -2.45. The molecule has 0 rings (SSSR count). The van der Waals surface area contributed by atoms with Gasteiger partial charge in [-0.05, 0) is 70.6 Å². The van der Waals surface area contributed by atoms with E-state index in [1.165, 1.54) is 83.5 Å². The fraction of sp³-hybridized carbons (Fsp3) is 0.756. The molecule has 0 aliphatic rings. The van der Waals surface area contributed by atoms with E-state index < -0.39 is 20.0 Å². The number of phosphoric ester groups is 1. The van der Waals surface area contributed by atoms with E-state index in [1.807, 2.05) is 27.2 Å². The molecular formula is C45H84N2O6P+. The van der Waals surface area contributed by atoms with Crippen molar-refractivity contribution in [3.05, 3.63) is 60.8 Å². The van der Waals surface area contributed by atoms with E-state index in [-0.39, 0.29) is 19.1 Å². The van der Waals surface area contributed by atoms with E-state index in [4.69, 9.17) is 9.05 Å². The zero-order valence-corrected chi connectivity index (χ0v) is 36.3. The van der Waals surface area contributed by atoms with Gasteiger partial charge in [-0.3, -0.25) is 13.8 Å². The number of allylic oxidation sites excluding steroid dienone is 9. The average Bonchev–Trinajstić information content (AvgIpc) is 3.12. The summed E-state index contributed by atoms with van der Waals surface area (Å²) in [6.45, 7) is 4.72. The number of aliphatic hydroxyl groups is 1. The molecule has 0 aliphatic carbocycles. The Bertz CT molecular complexity index is 1060. The highest BCUT2D eigenvalue weighted by molar-refractivity contribution is 7.47. The molecule has 0 aromatic carbocycles. The molecule has 0 fully saturated rings. The quantitative estimate of drug-likeness (QED) is 0.0189. The maximum atomic E-state index is 12.8. The Balaban J connectivity index is 4.57. The molecule has 3 unspecified atom stereocenters.